The maximum absolute atomic E-state index is 9.96. The molecule has 17 heavy (non-hydrogen) atoms. The first-order valence-electron chi connectivity index (χ1n) is 8.02. The van der Waals surface area contributed by atoms with Crippen molar-refractivity contribution < 1.29 is 5.11 Å². The molecule has 0 bridgehead atoms. The van der Waals surface area contributed by atoms with Gasteiger partial charge in [-0.3, -0.25) is 0 Å². The summed E-state index contributed by atoms with van der Waals surface area (Å²) in [7, 11) is 0. The van der Waals surface area contributed by atoms with Crippen LogP contribution in [0.25, 0.3) is 0 Å². The third-order valence-corrected chi connectivity index (χ3v) is 5.94. The van der Waals surface area contributed by atoms with Crippen LogP contribution in [-0.2, 0) is 0 Å². The minimum atomic E-state index is 0.0282. The van der Waals surface area contributed by atoms with Crippen LogP contribution >= 0.6 is 0 Å². The van der Waals surface area contributed by atoms with Crippen LogP contribution in [-0.4, -0.2) is 11.2 Å². The molecule has 3 saturated carbocycles. The van der Waals surface area contributed by atoms with Gasteiger partial charge in [-0.05, 0) is 49.4 Å². The monoisotopic (exact) mass is 236 g/mol. The Hall–Kier alpha value is -0.0400. The summed E-state index contributed by atoms with van der Waals surface area (Å²) in [6.07, 6.45) is 15.4. The molecule has 0 aliphatic heterocycles. The molecule has 1 N–H and O–H groups in total. The predicted octanol–water partition coefficient (Wildman–Crippen LogP) is 4.14. The van der Waals surface area contributed by atoms with Crippen LogP contribution in [0, 0.1) is 23.7 Å². The molecule has 0 amide bonds. The fourth-order valence-corrected chi connectivity index (χ4v) is 5.11. The van der Waals surface area contributed by atoms with Crippen molar-refractivity contribution in [3.8, 4) is 0 Å². The van der Waals surface area contributed by atoms with Crippen LogP contribution in [0.15, 0.2) is 0 Å². The van der Waals surface area contributed by atoms with E-state index in [-0.39, 0.29) is 6.10 Å². The second kappa shape index (κ2) is 5.30. The van der Waals surface area contributed by atoms with E-state index in [1.807, 2.05) is 0 Å². The molecule has 1 heteroatoms. The van der Waals surface area contributed by atoms with Gasteiger partial charge in [-0.25, -0.2) is 0 Å². The molecule has 4 atom stereocenters. The largest absolute Gasteiger partial charge is 0.393 e. The Morgan fingerprint density at radius 3 is 2.12 bits per heavy atom. The smallest absolute Gasteiger partial charge is 0.0543 e. The first kappa shape index (κ1) is 12.0. The first-order valence-corrected chi connectivity index (χ1v) is 8.02. The Bertz CT molecular complexity index is 244. The molecule has 0 radical (unpaired) electrons. The van der Waals surface area contributed by atoms with Crippen LogP contribution in [0.5, 0.6) is 0 Å². The zero-order valence-electron chi connectivity index (χ0n) is 11.1. The van der Waals surface area contributed by atoms with E-state index in [0.29, 0.717) is 0 Å². The molecule has 4 unspecified atom stereocenters. The van der Waals surface area contributed by atoms with Gasteiger partial charge in [0.1, 0.15) is 0 Å². The fourth-order valence-electron chi connectivity index (χ4n) is 5.11. The highest BCUT2D eigenvalue weighted by Gasteiger charge is 2.40. The Morgan fingerprint density at radius 2 is 1.29 bits per heavy atom. The standard InChI is InChI=1S/C16H28O/c17-14-10-9-13-7-4-8-15(16(13)11-14)12-5-2-1-3-6-12/h12-17H,1-11H2. The molecular formula is C16H28O. The average molecular weight is 236 g/mol. The maximum atomic E-state index is 9.96. The summed E-state index contributed by atoms with van der Waals surface area (Å²) in [5.41, 5.74) is 0. The minimum absolute atomic E-state index is 0.0282. The van der Waals surface area contributed by atoms with Gasteiger partial charge in [-0.15, -0.1) is 0 Å². The number of aliphatic hydroxyl groups excluding tert-OH is 1. The highest BCUT2D eigenvalue weighted by molar-refractivity contribution is 4.91. The highest BCUT2D eigenvalue weighted by atomic mass is 16.3. The van der Waals surface area contributed by atoms with Crippen LogP contribution in [0.1, 0.15) is 70.6 Å². The Kier molecular flexibility index (Phi) is 3.75. The van der Waals surface area contributed by atoms with Crippen LogP contribution in [0.2, 0.25) is 0 Å². The lowest BCUT2D eigenvalue weighted by Crippen LogP contribution is -2.39. The normalized spacial score (nSPS) is 44.3. The maximum Gasteiger partial charge on any atom is 0.0543 e. The zero-order chi connectivity index (χ0) is 11.7. The molecule has 0 spiro atoms. The van der Waals surface area contributed by atoms with Crippen LogP contribution in [0.3, 0.4) is 0 Å². The third-order valence-electron chi connectivity index (χ3n) is 5.94. The minimum Gasteiger partial charge on any atom is -0.393 e. The molecule has 0 aromatic rings. The van der Waals surface area contributed by atoms with Crippen LogP contribution < -0.4 is 0 Å². The van der Waals surface area contributed by atoms with Gasteiger partial charge in [-0.1, -0.05) is 44.9 Å². The van der Waals surface area contributed by atoms with Gasteiger partial charge < -0.3 is 5.11 Å². The summed E-state index contributed by atoms with van der Waals surface area (Å²) in [5, 5.41) is 9.96. The second-order valence-electron chi connectivity index (χ2n) is 6.88. The van der Waals surface area contributed by atoms with Gasteiger partial charge >= 0.3 is 0 Å². The molecule has 3 aliphatic carbocycles. The third kappa shape index (κ3) is 2.54. The summed E-state index contributed by atoms with van der Waals surface area (Å²) in [6.45, 7) is 0. The van der Waals surface area contributed by atoms with E-state index >= 15 is 0 Å². The lowest BCUT2D eigenvalue weighted by Gasteiger charge is -2.46. The SMILES string of the molecule is OC1CCC2CCCC(C3CCCCC3)C2C1. The van der Waals surface area contributed by atoms with Gasteiger partial charge in [-0.2, -0.15) is 0 Å². The van der Waals surface area contributed by atoms with Gasteiger partial charge in [0.15, 0.2) is 0 Å². The molecule has 3 rings (SSSR count). The van der Waals surface area contributed by atoms with E-state index in [1.165, 1.54) is 57.8 Å². The van der Waals surface area contributed by atoms with Crippen molar-refractivity contribution in [2.45, 2.75) is 76.7 Å². The summed E-state index contributed by atoms with van der Waals surface area (Å²) in [6, 6.07) is 0. The van der Waals surface area contributed by atoms with Gasteiger partial charge in [0.25, 0.3) is 0 Å². The summed E-state index contributed by atoms with van der Waals surface area (Å²) in [5.74, 6) is 3.85. The highest BCUT2D eigenvalue weighted by Crippen LogP contribution is 2.49. The Morgan fingerprint density at radius 1 is 0.588 bits per heavy atom. The van der Waals surface area contributed by atoms with Crippen molar-refractivity contribution in [1.29, 1.82) is 0 Å². The van der Waals surface area contributed by atoms with E-state index in [2.05, 4.69) is 0 Å². The Balaban J connectivity index is 1.68. The number of rotatable bonds is 1. The first-order chi connectivity index (χ1) is 8.34. The van der Waals surface area contributed by atoms with Crippen molar-refractivity contribution in [3.05, 3.63) is 0 Å². The van der Waals surface area contributed by atoms with Gasteiger partial charge in [0.05, 0.1) is 6.10 Å². The topological polar surface area (TPSA) is 20.2 Å². The number of fused-ring (bicyclic) bond motifs is 1. The zero-order valence-corrected chi connectivity index (χ0v) is 11.1. The van der Waals surface area contributed by atoms with Crippen molar-refractivity contribution in [2.24, 2.45) is 23.7 Å². The van der Waals surface area contributed by atoms with E-state index in [0.717, 1.165) is 36.5 Å². The molecule has 0 aromatic carbocycles. The summed E-state index contributed by atoms with van der Waals surface area (Å²) in [4.78, 5) is 0. The van der Waals surface area contributed by atoms with Crippen molar-refractivity contribution in [3.63, 3.8) is 0 Å². The Labute approximate surface area is 106 Å². The second-order valence-corrected chi connectivity index (χ2v) is 6.88. The lowest BCUT2D eigenvalue weighted by molar-refractivity contribution is -0.00653. The summed E-state index contributed by atoms with van der Waals surface area (Å²) < 4.78 is 0. The van der Waals surface area contributed by atoms with Gasteiger partial charge in [0, 0.05) is 0 Å². The molecular weight excluding hydrogens is 208 g/mol. The van der Waals surface area contributed by atoms with E-state index < -0.39 is 0 Å². The van der Waals surface area contributed by atoms with Crippen molar-refractivity contribution in [1.82, 2.24) is 0 Å². The molecule has 0 saturated heterocycles. The van der Waals surface area contributed by atoms with Crippen molar-refractivity contribution >= 4 is 0 Å². The quantitative estimate of drug-likeness (QED) is 0.725. The van der Waals surface area contributed by atoms with E-state index in [9.17, 15) is 5.11 Å². The number of hydrogen-bond donors (Lipinski definition) is 1. The number of hydrogen-bond acceptors (Lipinski definition) is 1. The van der Waals surface area contributed by atoms with E-state index in [1.54, 1.807) is 0 Å². The van der Waals surface area contributed by atoms with Gasteiger partial charge in [0.2, 0.25) is 0 Å². The van der Waals surface area contributed by atoms with E-state index in [4.69, 9.17) is 0 Å². The average Bonchev–Trinajstić information content (AvgIpc) is 2.39. The molecule has 3 fully saturated rings. The predicted molar refractivity (Wildman–Crippen MR) is 70.8 cm³/mol. The molecule has 3 aliphatic rings. The lowest BCUT2D eigenvalue weighted by atomic mass is 9.59. The molecule has 1 nitrogen and oxygen atoms in total. The summed E-state index contributed by atoms with van der Waals surface area (Å²) >= 11 is 0. The van der Waals surface area contributed by atoms with Crippen molar-refractivity contribution in [2.75, 3.05) is 0 Å². The van der Waals surface area contributed by atoms with Crippen LogP contribution in [0.4, 0.5) is 0 Å². The molecule has 98 valence electrons. The molecule has 0 aromatic heterocycles. The molecule has 0 heterocycles. The number of aliphatic hydroxyl groups is 1. The fraction of sp³-hybridized carbons (Fsp3) is 1.00.